The average Bonchev–Trinajstić information content (AvgIpc) is 3.08. The van der Waals surface area contributed by atoms with Gasteiger partial charge in [-0.2, -0.15) is 0 Å². The van der Waals surface area contributed by atoms with Crippen molar-refractivity contribution in [3.05, 3.63) is 54.0 Å². The van der Waals surface area contributed by atoms with Gasteiger partial charge in [-0.25, -0.2) is 4.79 Å². The van der Waals surface area contributed by atoms with Gasteiger partial charge in [0.2, 0.25) is 0 Å². The predicted molar refractivity (Wildman–Crippen MR) is 81.8 cm³/mol. The highest BCUT2D eigenvalue weighted by molar-refractivity contribution is 5.73. The number of carbonyl (C=O) groups excluding carboxylic acids is 1. The van der Waals surface area contributed by atoms with Gasteiger partial charge in [0.05, 0.1) is 19.9 Å². The maximum atomic E-state index is 11.6. The van der Waals surface area contributed by atoms with Crippen molar-refractivity contribution in [1.29, 1.82) is 0 Å². The van der Waals surface area contributed by atoms with Gasteiger partial charge in [0, 0.05) is 6.54 Å². The molecule has 0 saturated heterocycles. The van der Waals surface area contributed by atoms with E-state index in [1.807, 2.05) is 24.3 Å². The molecule has 2 amide bonds. The summed E-state index contributed by atoms with van der Waals surface area (Å²) in [4.78, 5) is 11.6. The molecule has 0 aliphatic rings. The largest absolute Gasteiger partial charge is 0.497 e. The Morgan fingerprint density at radius 3 is 2.68 bits per heavy atom. The second-order valence-corrected chi connectivity index (χ2v) is 4.77. The number of ether oxygens (including phenoxy) is 1. The van der Waals surface area contributed by atoms with Gasteiger partial charge < -0.3 is 24.9 Å². The second kappa shape index (κ2) is 8.09. The average molecular weight is 304 g/mol. The van der Waals surface area contributed by atoms with Crippen LogP contribution < -0.4 is 15.4 Å². The summed E-state index contributed by atoms with van der Waals surface area (Å²) in [7, 11) is 1.62. The van der Waals surface area contributed by atoms with Crippen LogP contribution in [0.2, 0.25) is 0 Å². The van der Waals surface area contributed by atoms with E-state index in [2.05, 4.69) is 10.6 Å². The summed E-state index contributed by atoms with van der Waals surface area (Å²) in [5, 5.41) is 15.1. The van der Waals surface area contributed by atoms with Crippen LogP contribution in [0.4, 0.5) is 4.79 Å². The maximum absolute atomic E-state index is 11.6. The summed E-state index contributed by atoms with van der Waals surface area (Å²) in [6, 6.07) is 10.7. The van der Waals surface area contributed by atoms with Crippen LogP contribution in [0.15, 0.2) is 47.1 Å². The first-order valence-corrected chi connectivity index (χ1v) is 7.05. The molecule has 0 aliphatic carbocycles. The van der Waals surface area contributed by atoms with Gasteiger partial charge in [-0.3, -0.25) is 0 Å². The summed E-state index contributed by atoms with van der Waals surface area (Å²) < 4.78 is 10.1. The zero-order valence-corrected chi connectivity index (χ0v) is 12.4. The number of amides is 2. The topological polar surface area (TPSA) is 83.7 Å². The molecule has 0 bridgehead atoms. The first-order valence-electron chi connectivity index (χ1n) is 7.05. The van der Waals surface area contributed by atoms with E-state index in [0.29, 0.717) is 12.3 Å². The number of urea groups is 1. The minimum atomic E-state index is -0.845. The minimum absolute atomic E-state index is 0.0991. The van der Waals surface area contributed by atoms with Gasteiger partial charge in [0.15, 0.2) is 0 Å². The highest BCUT2D eigenvalue weighted by Gasteiger charge is 2.11. The number of carbonyl (C=O) groups is 1. The quantitative estimate of drug-likeness (QED) is 0.729. The molecule has 0 spiro atoms. The second-order valence-electron chi connectivity index (χ2n) is 4.77. The number of methoxy groups -OCH3 is 1. The van der Waals surface area contributed by atoms with E-state index >= 15 is 0 Å². The lowest BCUT2D eigenvalue weighted by Crippen LogP contribution is -2.38. The van der Waals surface area contributed by atoms with Gasteiger partial charge >= 0.3 is 6.03 Å². The number of hydrogen-bond donors (Lipinski definition) is 3. The molecule has 1 unspecified atom stereocenters. The third-order valence-corrected chi connectivity index (χ3v) is 3.19. The molecule has 0 radical (unpaired) electrons. The van der Waals surface area contributed by atoms with Gasteiger partial charge in [-0.05, 0) is 36.2 Å². The molecule has 1 aromatic heterocycles. The normalized spacial score (nSPS) is 11.7. The Morgan fingerprint density at radius 2 is 2.05 bits per heavy atom. The molecule has 1 aromatic carbocycles. The first-order chi connectivity index (χ1) is 10.7. The monoisotopic (exact) mass is 304 g/mol. The van der Waals surface area contributed by atoms with Crippen LogP contribution >= 0.6 is 0 Å². The van der Waals surface area contributed by atoms with Crippen LogP contribution in [0, 0.1) is 0 Å². The molecule has 6 heteroatoms. The Labute approximate surface area is 129 Å². The molecule has 0 saturated carbocycles. The Hall–Kier alpha value is -2.47. The molecule has 2 aromatic rings. The molecule has 118 valence electrons. The van der Waals surface area contributed by atoms with Gasteiger partial charge in [-0.1, -0.05) is 12.1 Å². The van der Waals surface area contributed by atoms with Crippen molar-refractivity contribution in [3.63, 3.8) is 0 Å². The van der Waals surface area contributed by atoms with Crippen LogP contribution in [-0.2, 0) is 6.42 Å². The van der Waals surface area contributed by atoms with Crippen molar-refractivity contribution < 1.29 is 19.1 Å². The third-order valence-electron chi connectivity index (χ3n) is 3.19. The summed E-state index contributed by atoms with van der Waals surface area (Å²) in [6.45, 7) is 0.608. The van der Waals surface area contributed by atoms with E-state index in [1.54, 1.807) is 19.2 Å². The predicted octanol–water partition coefficient (Wildman–Crippen LogP) is 1.86. The molecular weight excluding hydrogens is 284 g/mol. The fraction of sp³-hybridized carbons (Fsp3) is 0.312. The zero-order valence-electron chi connectivity index (χ0n) is 12.4. The Morgan fingerprint density at radius 1 is 1.27 bits per heavy atom. The van der Waals surface area contributed by atoms with Gasteiger partial charge in [0.1, 0.15) is 17.6 Å². The van der Waals surface area contributed by atoms with E-state index in [-0.39, 0.29) is 12.6 Å². The molecule has 3 N–H and O–H groups in total. The molecule has 0 aliphatic heterocycles. The maximum Gasteiger partial charge on any atom is 0.314 e. The van der Waals surface area contributed by atoms with Gasteiger partial charge in [0.25, 0.3) is 0 Å². The minimum Gasteiger partial charge on any atom is -0.497 e. The third kappa shape index (κ3) is 4.82. The Balaban J connectivity index is 1.65. The number of rotatable bonds is 7. The van der Waals surface area contributed by atoms with Crippen molar-refractivity contribution in [2.45, 2.75) is 12.5 Å². The number of aliphatic hydroxyl groups is 1. The lowest BCUT2D eigenvalue weighted by molar-refractivity contribution is 0.148. The van der Waals surface area contributed by atoms with E-state index in [4.69, 9.17) is 9.15 Å². The molecular formula is C16H20N2O4. The lowest BCUT2D eigenvalue weighted by atomic mass is 10.1. The highest BCUT2D eigenvalue weighted by Crippen LogP contribution is 2.12. The summed E-state index contributed by atoms with van der Waals surface area (Å²) in [5.74, 6) is 1.24. The van der Waals surface area contributed by atoms with Crippen molar-refractivity contribution >= 4 is 6.03 Å². The number of nitrogens with one attached hydrogen (secondary N) is 2. The summed E-state index contributed by atoms with van der Waals surface area (Å²) in [6.07, 6.45) is 1.35. The lowest BCUT2D eigenvalue weighted by Gasteiger charge is -2.11. The van der Waals surface area contributed by atoms with Crippen LogP contribution in [0.3, 0.4) is 0 Å². The van der Waals surface area contributed by atoms with E-state index in [1.165, 1.54) is 6.26 Å². The van der Waals surface area contributed by atoms with Gasteiger partial charge in [-0.15, -0.1) is 0 Å². The molecule has 1 heterocycles. The van der Waals surface area contributed by atoms with Crippen molar-refractivity contribution in [2.24, 2.45) is 0 Å². The Kier molecular flexibility index (Phi) is 5.85. The van der Waals surface area contributed by atoms with E-state index < -0.39 is 6.10 Å². The molecule has 6 nitrogen and oxygen atoms in total. The molecule has 2 rings (SSSR count). The number of aliphatic hydroxyl groups excluding tert-OH is 1. The van der Waals surface area contributed by atoms with Crippen LogP contribution in [0.1, 0.15) is 17.4 Å². The zero-order chi connectivity index (χ0) is 15.8. The highest BCUT2D eigenvalue weighted by atomic mass is 16.5. The number of hydrogen-bond acceptors (Lipinski definition) is 4. The molecule has 22 heavy (non-hydrogen) atoms. The molecule has 1 atom stereocenters. The Bertz CT molecular complexity index is 566. The summed E-state index contributed by atoms with van der Waals surface area (Å²) in [5.41, 5.74) is 1.11. The van der Waals surface area contributed by atoms with Crippen molar-refractivity contribution in [3.8, 4) is 5.75 Å². The van der Waals surface area contributed by atoms with Crippen LogP contribution in [0.25, 0.3) is 0 Å². The van der Waals surface area contributed by atoms with E-state index in [9.17, 15) is 9.90 Å². The van der Waals surface area contributed by atoms with Crippen molar-refractivity contribution in [1.82, 2.24) is 10.6 Å². The standard InChI is InChI=1S/C16H20N2O4/c1-21-13-6-4-12(5-7-13)8-9-17-16(20)18-11-14(19)15-3-2-10-22-15/h2-7,10,14,19H,8-9,11H2,1H3,(H2,17,18,20). The van der Waals surface area contributed by atoms with Crippen LogP contribution in [0.5, 0.6) is 5.75 Å². The number of furan rings is 1. The summed E-state index contributed by atoms with van der Waals surface area (Å²) >= 11 is 0. The van der Waals surface area contributed by atoms with Crippen LogP contribution in [-0.4, -0.2) is 31.3 Å². The van der Waals surface area contributed by atoms with Crippen molar-refractivity contribution in [2.75, 3.05) is 20.2 Å². The number of benzene rings is 1. The SMILES string of the molecule is COc1ccc(CCNC(=O)NCC(O)c2ccco2)cc1. The smallest absolute Gasteiger partial charge is 0.314 e. The van der Waals surface area contributed by atoms with E-state index in [0.717, 1.165) is 17.7 Å². The molecule has 0 fully saturated rings. The fourth-order valence-electron chi connectivity index (χ4n) is 1.95. The fourth-order valence-corrected chi connectivity index (χ4v) is 1.95. The first kappa shape index (κ1) is 15.9.